The molecule has 1 atom stereocenters. The number of hydrogen-bond acceptors (Lipinski definition) is 2. The molecule has 0 bridgehead atoms. The molecule has 2 nitrogen and oxygen atoms in total. The highest BCUT2D eigenvalue weighted by molar-refractivity contribution is 5.53. The summed E-state index contributed by atoms with van der Waals surface area (Å²) in [6, 6.07) is 5.76. The molecular formula is C12H16O2. The van der Waals surface area contributed by atoms with Crippen molar-refractivity contribution in [2.45, 2.75) is 32.8 Å². The fraction of sp³-hybridized carbons (Fsp3) is 0.417. The molecule has 1 aromatic carbocycles. The van der Waals surface area contributed by atoms with Gasteiger partial charge in [-0.3, -0.25) is 0 Å². The normalized spacial score (nSPS) is 14.9. The van der Waals surface area contributed by atoms with Gasteiger partial charge in [0.2, 0.25) is 0 Å². The summed E-state index contributed by atoms with van der Waals surface area (Å²) in [5.41, 5.74) is 1.98. The summed E-state index contributed by atoms with van der Waals surface area (Å²) < 4.78 is 0. The molecule has 0 amide bonds. The second kappa shape index (κ2) is 3.93. The van der Waals surface area contributed by atoms with Crippen LogP contribution >= 0.6 is 0 Å². The first-order valence-electron chi connectivity index (χ1n) is 4.72. The average molecular weight is 192 g/mol. The second-order valence-corrected chi connectivity index (χ2v) is 3.89. The Labute approximate surface area is 84.6 Å². The van der Waals surface area contributed by atoms with Gasteiger partial charge in [-0.1, -0.05) is 18.2 Å². The molecule has 2 heteroatoms. The Kier molecular flexibility index (Phi) is 3.06. The molecule has 0 aromatic heterocycles. The van der Waals surface area contributed by atoms with Crippen LogP contribution in [0.4, 0.5) is 0 Å². The highest BCUT2D eigenvalue weighted by Crippen LogP contribution is 2.27. The fourth-order valence-electron chi connectivity index (χ4n) is 1.61. The highest BCUT2D eigenvalue weighted by atomic mass is 16.3. The SMILES string of the molecule is Cc1cccc(C(C)(O)CC=O)c1C. The van der Waals surface area contributed by atoms with Gasteiger partial charge in [-0.05, 0) is 37.5 Å². The lowest BCUT2D eigenvalue weighted by molar-refractivity contribution is -0.112. The van der Waals surface area contributed by atoms with Crippen molar-refractivity contribution in [2.75, 3.05) is 0 Å². The molecule has 1 N–H and O–H groups in total. The largest absolute Gasteiger partial charge is 0.385 e. The third kappa shape index (κ3) is 2.02. The van der Waals surface area contributed by atoms with E-state index in [-0.39, 0.29) is 6.42 Å². The van der Waals surface area contributed by atoms with Crippen LogP contribution in [0.5, 0.6) is 0 Å². The van der Waals surface area contributed by atoms with Gasteiger partial charge in [0.25, 0.3) is 0 Å². The van der Waals surface area contributed by atoms with E-state index in [1.807, 2.05) is 32.0 Å². The van der Waals surface area contributed by atoms with Crippen LogP contribution in [0.2, 0.25) is 0 Å². The maximum Gasteiger partial charge on any atom is 0.123 e. The maximum absolute atomic E-state index is 10.4. The number of hydrogen-bond donors (Lipinski definition) is 1. The van der Waals surface area contributed by atoms with Gasteiger partial charge in [-0.25, -0.2) is 0 Å². The van der Waals surface area contributed by atoms with E-state index in [0.29, 0.717) is 0 Å². The molecule has 0 radical (unpaired) electrons. The molecule has 0 aliphatic carbocycles. The van der Waals surface area contributed by atoms with E-state index in [2.05, 4.69) is 0 Å². The summed E-state index contributed by atoms with van der Waals surface area (Å²) in [7, 11) is 0. The smallest absolute Gasteiger partial charge is 0.123 e. The molecular weight excluding hydrogens is 176 g/mol. The zero-order valence-electron chi connectivity index (χ0n) is 8.87. The van der Waals surface area contributed by atoms with Gasteiger partial charge >= 0.3 is 0 Å². The number of rotatable bonds is 3. The first-order chi connectivity index (χ1) is 6.49. The van der Waals surface area contributed by atoms with Crippen LogP contribution in [0, 0.1) is 13.8 Å². The topological polar surface area (TPSA) is 37.3 Å². The van der Waals surface area contributed by atoms with Gasteiger partial charge in [-0.2, -0.15) is 0 Å². The minimum atomic E-state index is -1.04. The van der Waals surface area contributed by atoms with E-state index in [1.165, 1.54) is 0 Å². The van der Waals surface area contributed by atoms with E-state index in [9.17, 15) is 9.90 Å². The lowest BCUT2D eigenvalue weighted by atomic mass is 9.88. The van der Waals surface area contributed by atoms with Crippen molar-refractivity contribution in [3.8, 4) is 0 Å². The van der Waals surface area contributed by atoms with Gasteiger partial charge in [0.15, 0.2) is 0 Å². The van der Waals surface area contributed by atoms with Gasteiger partial charge < -0.3 is 9.90 Å². The first kappa shape index (κ1) is 10.9. The number of benzene rings is 1. The second-order valence-electron chi connectivity index (χ2n) is 3.89. The Bertz CT molecular complexity index is 340. The Morgan fingerprint density at radius 1 is 1.43 bits per heavy atom. The van der Waals surface area contributed by atoms with Crippen LogP contribution in [-0.2, 0) is 10.4 Å². The summed E-state index contributed by atoms with van der Waals surface area (Å²) >= 11 is 0. The van der Waals surface area contributed by atoms with E-state index in [4.69, 9.17) is 0 Å². The summed E-state index contributed by atoms with van der Waals surface area (Å²) in [5, 5.41) is 10.1. The molecule has 0 fully saturated rings. The first-order valence-corrected chi connectivity index (χ1v) is 4.72. The van der Waals surface area contributed by atoms with E-state index < -0.39 is 5.60 Å². The fourth-order valence-corrected chi connectivity index (χ4v) is 1.61. The molecule has 1 unspecified atom stereocenters. The Hall–Kier alpha value is -1.15. The van der Waals surface area contributed by atoms with Gasteiger partial charge in [0.1, 0.15) is 6.29 Å². The van der Waals surface area contributed by atoms with Crippen molar-refractivity contribution in [3.63, 3.8) is 0 Å². The summed E-state index contributed by atoms with van der Waals surface area (Å²) in [5.74, 6) is 0. The van der Waals surface area contributed by atoms with E-state index in [0.717, 1.165) is 23.0 Å². The summed E-state index contributed by atoms with van der Waals surface area (Å²) in [6.07, 6.45) is 0.888. The number of aliphatic hydroxyl groups is 1. The molecule has 0 saturated heterocycles. The van der Waals surface area contributed by atoms with Crippen LogP contribution in [-0.4, -0.2) is 11.4 Å². The number of aldehydes is 1. The van der Waals surface area contributed by atoms with Crippen molar-refractivity contribution in [2.24, 2.45) is 0 Å². The predicted octanol–water partition coefficient (Wildman–Crippen LogP) is 2.10. The highest BCUT2D eigenvalue weighted by Gasteiger charge is 2.24. The minimum Gasteiger partial charge on any atom is -0.385 e. The lowest BCUT2D eigenvalue weighted by Gasteiger charge is -2.24. The van der Waals surface area contributed by atoms with E-state index in [1.54, 1.807) is 6.92 Å². The van der Waals surface area contributed by atoms with Gasteiger partial charge in [0, 0.05) is 6.42 Å². The Morgan fingerprint density at radius 2 is 2.07 bits per heavy atom. The van der Waals surface area contributed by atoms with Gasteiger partial charge in [0.05, 0.1) is 5.60 Å². The number of carbonyl (C=O) groups is 1. The zero-order chi connectivity index (χ0) is 10.8. The Balaban J connectivity index is 3.18. The molecule has 76 valence electrons. The van der Waals surface area contributed by atoms with Gasteiger partial charge in [-0.15, -0.1) is 0 Å². The van der Waals surface area contributed by atoms with Crippen LogP contribution in [0.15, 0.2) is 18.2 Å². The monoisotopic (exact) mass is 192 g/mol. The molecule has 0 heterocycles. The van der Waals surface area contributed by atoms with Crippen LogP contribution < -0.4 is 0 Å². The summed E-state index contributed by atoms with van der Waals surface area (Å²) in [6.45, 7) is 5.63. The third-order valence-corrected chi connectivity index (χ3v) is 2.67. The van der Waals surface area contributed by atoms with Crippen molar-refractivity contribution < 1.29 is 9.90 Å². The van der Waals surface area contributed by atoms with E-state index >= 15 is 0 Å². The number of aryl methyl sites for hydroxylation is 1. The minimum absolute atomic E-state index is 0.136. The summed E-state index contributed by atoms with van der Waals surface area (Å²) in [4.78, 5) is 10.4. The standard InChI is InChI=1S/C12H16O2/c1-9-5-4-6-11(10(9)2)12(3,14)7-8-13/h4-6,8,14H,7H2,1-3H3. The van der Waals surface area contributed by atoms with Crippen molar-refractivity contribution in [3.05, 3.63) is 34.9 Å². The molecule has 0 spiro atoms. The lowest BCUT2D eigenvalue weighted by Crippen LogP contribution is -2.23. The third-order valence-electron chi connectivity index (χ3n) is 2.67. The molecule has 1 aromatic rings. The quantitative estimate of drug-likeness (QED) is 0.745. The van der Waals surface area contributed by atoms with Crippen LogP contribution in [0.3, 0.4) is 0 Å². The molecule has 0 aliphatic rings. The molecule has 0 saturated carbocycles. The molecule has 0 aliphatic heterocycles. The van der Waals surface area contributed by atoms with Crippen molar-refractivity contribution >= 4 is 6.29 Å². The average Bonchev–Trinajstić information content (AvgIpc) is 2.09. The number of carbonyl (C=O) groups excluding carboxylic acids is 1. The zero-order valence-corrected chi connectivity index (χ0v) is 8.87. The van der Waals surface area contributed by atoms with Crippen LogP contribution in [0.1, 0.15) is 30.0 Å². The Morgan fingerprint density at radius 3 is 2.64 bits per heavy atom. The van der Waals surface area contributed by atoms with Crippen molar-refractivity contribution in [1.82, 2.24) is 0 Å². The van der Waals surface area contributed by atoms with Crippen molar-refractivity contribution in [1.29, 1.82) is 0 Å². The molecule has 14 heavy (non-hydrogen) atoms. The molecule has 1 rings (SSSR count). The van der Waals surface area contributed by atoms with Crippen LogP contribution in [0.25, 0.3) is 0 Å². The predicted molar refractivity (Wildman–Crippen MR) is 56.2 cm³/mol. The maximum atomic E-state index is 10.4.